The first-order valence-corrected chi connectivity index (χ1v) is 6.32. The molecule has 20 heavy (non-hydrogen) atoms. The molecule has 0 atom stereocenters. The summed E-state index contributed by atoms with van der Waals surface area (Å²) in [6.45, 7) is 4.28. The third-order valence-electron chi connectivity index (χ3n) is 2.95. The minimum absolute atomic E-state index is 0.200. The average molecular weight is 271 g/mol. The molecule has 2 aromatic rings. The number of hydrogen-bond donors (Lipinski definition) is 1. The summed E-state index contributed by atoms with van der Waals surface area (Å²) in [7, 11) is 1.82. The topological polar surface area (TPSA) is 66.3 Å². The molecule has 0 aliphatic carbocycles. The molecule has 104 valence electrons. The van der Waals surface area contributed by atoms with E-state index in [4.69, 9.17) is 0 Å². The van der Waals surface area contributed by atoms with Gasteiger partial charge in [-0.15, -0.1) is 0 Å². The zero-order valence-electron chi connectivity index (χ0n) is 11.8. The van der Waals surface area contributed by atoms with Crippen LogP contribution in [0.15, 0.2) is 30.3 Å². The number of anilines is 1. The van der Waals surface area contributed by atoms with Crippen molar-refractivity contribution in [1.29, 1.82) is 0 Å². The molecule has 0 unspecified atom stereocenters. The van der Waals surface area contributed by atoms with Crippen molar-refractivity contribution < 1.29 is 9.90 Å². The molecule has 2 aromatic heterocycles. The molecule has 0 aliphatic rings. The maximum absolute atomic E-state index is 11.3. The summed E-state index contributed by atoms with van der Waals surface area (Å²) in [6, 6.07) is 9.07. The molecule has 0 spiro atoms. The molecule has 0 bridgehead atoms. The lowest BCUT2D eigenvalue weighted by Gasteiger charge is -2.20. The zero-order chi connectivity index (χ0) is 14.7. The lowest BCUT2D eigenvalue weighted by molar-refractivity contribution is 0.0697. The number of aryl methyl sites for hydroxylation is 2. The van der Waals surface area contributed by atoms with Gasteiger partial charge in [0.15, 0.2) is 0 Å². The molecule has 1 N–H and O–H groups in total. The van der Waals surface area contributed by atoms with Crippen molar-refractivity contribution in [2.24, 2.45) is 0 Å². The van der Waals surface area contributed by atoms with Crippen molar-refractivity contribution in [2.45, 2.75) is 20.4 Å². The van der Waals surface area contributed by atoms with Crippen LogP contribution in [0.3, 0.4) is 0 Å². The van der Waals surface area contributed by atoms with Gasteiger partial charge in [0, 0.05) is 18.4 Å². The standard InChI is InChI=1S/C15H17N3O2/c1-10-5-4-6-12(16-10)9-18(3)14-13(15(19)20)8-7-11(2)17-14/h4-8H,9H2,1-3H3,(H,19,20). The van der Waals surface area contributed by atoms with Crippen LogP contribution in [-0.2, 0) is 6.54 Å². The second-order valence-corrected chi connectivity index (χ2v) is 4.76. The first-order chi connectivity index (χ1) is 9.47. The minimum atomic E-state index is -0.975. The molecule has 0 radical (unpaired) electrons. The highest BCUT2D eigenvalue weighted by molar-refractivity contribution is 5.93. The van der Waals surface area contributed by atoms with Crippen LogP contribution in [0.25, 0.3) is 0 Å². The third kappa shape index (κ3) is 3.12. The Balaban J connectivity index is 2.31. The number of pyridine rings is 2. The Morgan fingerprint density at radius 3 is 2.50 bits per heavy atom. The molecule has 0 saturated heterocycles. The van der Waals surface area contributed by atoms with Crippen molar-refractivity contribution in [2.75, 3.05) is 11.9 Å². The summed E-state index contributed by atoms with van der Waals surface area (Å²) >= 11 is 0. The molecule has 0 aromatic carbocycles. The summed E-state index contributed by atoms with van der Waals surface area (Å²) in [4.78, 5) is 21.8. The van der Waals surface area contributed by atoms with E-state index in [-0.39, 0.29) is 5.56 Å². The number of carboxylic acid groups (broad SMARTS) is 1. The van der Waals surface area contributed by atoms with E-state index in [1.54, 1.807) is 17.0 Å². The number of carbonyl (C=O) groups is 1. The first-order valence-electron chi connectivity index (χ1n) is 6.32. The molecule has 0 saturated carbocycles. The van der Waals surface area contributed by atoms with E-state index < -0.39 is 5.97 Å². The fourth-order valence-corrected chi connectivity index (χ4v) is 2.01. The molecule has 0 aliphatic heterocycles. The van der Waals surface area contributed by atoms with Gasteiger partial charge >= 0.3 is 5.97 Å². The second-order valence-electron chi connectivity index (χ2n) is 4.76. The van der Waals surface area contributed by atoms with E-state index in [0.717, 1.165) is 17.1 Å². The minimum Gasteiger partial charge on any atom is -0.478 e. The average Bonchev–Trinajstić information content (AvgIpc) is 2.38. The first kappa shape index (κ1) is 14.0. The third-order valence-corrected chi connectivity index (χ3v) is 2.95. The van der Waals surface area contributed by atoms with Crippen molar-refractivity contribution in [1.82, 2.24) is 9.97 Å². The van der Waals surface area contributed by atoms with Crippen LogP contribution in [0.2, 0.25) is 0 Å². The molecule has 0 fully saturated rings. The molecule has 2 rings (SSSR count). The lowest BCUT2D eigenvalue weighted by Crippen LogP contribution is -2.22. The van der Waals surface area contributed by atoms with E-state index in [0.29, 0.717) is 12.4 Å². The molecule has 0 amide bonds. The Morgan fingerprint density at radius 1 is 1.15 bits per heavy atom. The highest BCUT2D eigenvalue weighted by atomic mass is 16.4. The summed E-state index contributed by atoms with van der Waals surface area (Å²) in [5.74, 6) is -0.516. The van der Waals surface area contributed by atoms with E-state index in [2.05, 4.69) is 9.97 Å². The van der Waals surface area contributed by atoms with Gasteiger partial charge in [0.25, 0.3) is 0 Å². The largest absolute Gasteiger partial charge is 0.478 e. The number of aromatic carboxylic acids is 1. The SMILES string of the molecule is Cc1cccc(CN(C)c2nc(C)ccc2C(=O)O)n1. The van der Waals surface area contributed by atoms with Crippen LogP contribution in [0.4, 0.5) is 5.82 Å². The van der Waals surface area contributed by atoms with Crippen LogP contribution < -0.4 is 4.90 Å². The smallest absolute Gasteiger partial charge is 0.339 e. The predicted octanol–water partition coefficient (Wildman–Crippen LogP) is 2.43. The molecular weight excluding hydrogens is 254 g/mol. The summed E-state index contributed by atoms with van der Waals surface area (Å²) in [5, 5.41) is 9.23. The second kappa shape index (κ2) is 5.69. The van der Waals surface area contributed by atoms with Crippen molar-refractivity contribution in [3.8, 4) is 0 Å². The Bertz CT molecular complexity index is 641. The monoisotopic (exact) mass is 271 g/mol. The Hall–Kier alpha value is -2.43. The van der Waals surface area contributed by atoms with Crippen LogP contribution >= 0.6 is 0 Å². The number of nitrogens with zero attached hydrogens (tertiary/aromatic N) is 3. The molecule has 2 heterocycles. The normalized spacial score (nSPS) is 10.3. The quantitative estimate of drug-likeness (QED) is 0.925. The van der Waals surface area contributed by atoms with Gasteiger partial charge in [0.05, 0.1) is 12.2 Å². The summed E-state index contributed by atoms with van der Waals surface area (Å²) in [6.07, 6.45) is 0. The van der Waals surface area contributed by atoms with Crippen molar-refractivity contribution >= 4 is 11.8 Å². The van der Waals surface area contributed by atoms with E-state index >= 15 is 0 Å². The van der Waals surface area contributed by atoms with Gasteiger partial charge in [-0.3, -0.25) is 4.98 Å². The summed E-state index contributed by atoms with van der Waals surface area (Å²) < 4.78 is 0. The highest BCUT2D eigenvalue weighted by Gasteiger charge is 2.15. The Morgan fingerprint density at radius 2 is 1.85 bits per heavy atom. The van der Waals surface area contributed by atoms with Crippen molar-refractivity contribution in [3.63, 3.8) is 0 Å². The van der Waals surface area contributed by atoms with Gasteiger partial charge in [0.2, 0.25) is 0 Å². The van der Waals surface area contributed by atoms with Crippen LogP contribution in [0.1, 0.15) is 27.4 Å². The zero-order valence-corrected chi connectivity index (χ0v) is 11.8. The van der Waals surface area contributed by atoms with Gasteiger partial charge in [-0.25, -0.2) is 9.78 Å². The molecule has 5 nitrogen and oxygen atoms in total. The number of carboxylic acids is 1. The maximum Gasteiger partial charge on any atom is 0.339 e. The Kier molecular flexibility index (Phi) is 3.98. The predicted molar refractivity (Wildman–Crippen MR) is 77.0 cm³/mol. The van der Waals surface area contributed by atoms with E-state index in [1.807, 2.05) is 39.1 Å². The van der Waals surface area contributed by atoms with E-state index in [9.17, 15) is 9.90 Å². The fraction of sp³-hybridized carbons (Fsp3) is 0.267. The van der Waals surface area contributed by atoms with Gasteiger partial charge < -0.3 is 10.0 Å². The van der Waals surface area contributed by atoms with Crippen molar-refractivity contribution in [3.05, 3.63) is 53.0 Å². The van der Waals surface area contributed by atoms with Gasteiger partial charge in [-0.2, -0.15) is 0 Å². The Labute approximate surface area is 117 Å². The highest BCUT2D eigenvalue weighted by Crippen LogP contribution is 2.19. The molecular formula is C15H17N3O2. The van der Waals surface area contributed by atoms with Gasteiger partial charge in [-0.05, 0) is 38.1 Å². The van der Waals surface area contributed by atoms with Crippen LogP contribution in [-0.4, -0.2) is 28.1 Å². The van der Waals surface area contributed by atoms with Crippen LogP contribution in [0.5, 0.6) is 0 Å². The fourth-order valence-electron chi connectivity index (χ4n) is 2.01. The van der Waals surface area contributed by atoms with Crippen LogP contribution in [0, 0.1) is 13.8 Å². The number of hydrogen-bond acceptors (Lipinski definition) is 4. The maximum atomic E-state index is 11.3. The number of aromatic nitrogens is 2. The molecule has 5 heteroatoms. The lowest BCUT2D eigenvalue weighted by atomic mass is 10.2. The van der Waals surface area contributed by atoms with Gasteiger partial charge in [-0.1, -0.05) is 6.07 Å². The summed E-state index contributed by atoms with van der Waals surface area (Å²) in [5.41, 5.74) is 2.80. The van der Waals surface area contributed by atoms with Gasteiger partial charge in [0.1, 0.15) is 11.4 Å². The number of rotatable bonds is 4. The van der Waals surface area contributed by atoms with E-state index in [1.165, 1.54) is 0 Å².